The van der Waals surface area contributed by atoms with Crippen molar-refractivity contribution in [1.82, 2.24) is 9.88 Å². The summed E-state index contributed by atoms with van der Waals surface area (Å²) in [5, 5.41) is 3.99. The second-order valence-corrected chi connectivity index (χ2v) is 10.9. The lowest BCUT2D eigenvalue weighted by Gasteiger charge is -2.25. The van der Waals surface area contributed by atoms with Crippen molar-refractivity contribution in [3.05, 3.63) is 34.2 Å². The predicted molar refractivity (Wildman–Crippen MR) is 130 cm³/mol. The van der Waals surface area contributed by atoms with Crippen LogP contribution in [0.5, 0.6) is 0 Å². The van der Waals surface area contributed by atoms with Crippen molar-refractivity contribution in [3.8, 4) is 11.3 Å². The van der Waals surface area contributed by atoms with E-state index in [4.69, 9.17) is 11.6 Å². The van der Waals surface area contributed by atoms with Crippen molar-refractivity contribution in [2.24, 2.45) is 11.8 Å². The smallest absolute Gasteiger partial charge is 0.249 e. The number of thioether (sulfide) groups is 1. The van der Waals surface area contributed by atoms with Gasteiger partial charge in [-0.3, -0.25) is 19.3 Å². The lowest BCUT2D eigenvalue weighted by Crippen LogP contribution is -2.48. The normalized spacial score (nSPS) is 21.5. The van der Waals surface area contributed by atoms with E-state index >= 15 is 0 Å². The van der Waals surface area contributed by atoms with Crippen LogP contribution in [0.15, 0.2) is 24.3 Å². The van der Waals surface area contributed by atoms with Gasteiger partial charge < -0.3 is 5.32 Å². The third kappa shape index (κ3) is 4.58. The second-order valence-electron chi connectivity index (χ2n) is 8.26. The van der Waals surface area contributed by atoms with Crippen LogP contribution < -0.4 is 5.32 Å². The minimum absolute atomic E-state index is 0.182. The van der Waals surface area contributed by atoms with Crippen LogP contribution in [0.4, 0.5) is 5.13 Å². The Bertz CT molecular complexity index is 1000. The van der Waals surface area contributed by atoms with Crippen LogP contribution in [0.1, 0.15) is 37.0 Å². The van der Waals surface area contributed by atoms with Crippen molar-refractivity contribution in [2.75, 3.05) is 17.3 Å². The molecule has 1 aliphatic carbocycles. The molecule has 9 heteroatoms. The molecular weight excluding hydrogens is 466 g/mol. The number of nitrogens with zero attached hydrogens (tertiary/aromatic N) is 2. The summed E-state index contributed by atoms with van der Waals surface area (Å²) in [6.07, 6.45) is 5.77. The zero-order chi connectivity index (χ0) is 22.8. The minimum Gasteiger partial charge on any atom is -0.300 e. The number of amides is 3. The Morgan fingerprint density at radius 2 is 1.84 bits per heavy atom. The molecule has 2 aromatic rings. The monoisotopic (exact) mass is 491 g/mol. The van der Waals surface area contributed by atoms with Crippen LogP contribution in [0.25, 0.3) is 11.3 Å². The largest absolute Gasteiger partial charge is 0.300 e. The molecule has 32 heavy (non-hydrogen) atoms. The highest BCUT2D eigenvalue weighted by atomic mass is 35.5. The van der Waals surface area contributed by atoms with Gasteiger partial charge in [-0.25, -0.2) is 4.98 Å². The Kier molecular flexibility index (Phi) is 7.22. The maximum absolute atomic E-state index is 13.3. The van der Waals surface area contributed by atoms with Gasteiger partial charge in [0.1, 0.15) is 6.04 Å². The highest BCUT2D eigenvalue weighted by molar-refractivity contribution is 7.98. The lowest BCUT2D eigenvalue weighted by atomic mass is 9.81. The number of thiazole rings is 1. The van der Waals surface area contributed by atoms with Gasteiger partial charge in [-0.1, -0.05) is 36.6 Å². The molecule has 3 atom stereocenters. The Morgan fingerprint density at radius 1 is 1.22 bits per heavy atom. The molecule has 0 spiro atoms. The third-order valence-electron chi connectivity index (χ3n) is 6.23. The number of carbonyl (C=O) groups is 3. The van der Waals surface area contributed by atoms with E-state index in [0.29, 0.717) is 22.3 Å². The summed E-state index contributed by atoms with van der Waals surface area (Å²) in [5.41, 5.74) is 1.69. The molecule has 2 aliphatic rings. The molecule has 2 fully saturated rings. The summed E-state index contributed by atoms with van der Waals surface area (Å²) < 4.78 is 0. The summed E-state index contributed by atoms with van der Waals surface area (Å²) in [5.74, 6) is -0.567. The van der Waals surface area contributed by atoms with E-state index < -0.39 is 6.04 Å². The van der Waals surface area contributed by atoms with Crippen molar-refractivity contribution in [3.63, 3.8) is 0 Å². The van der Waals surface area contributed by atoms with E-state index in [0.717, 1.165) is 41.8 Å². The van der Waals surface area contributed by atoms with Gasteiger partial charge in [0.15, 0.2) is 5.13 Å². The molecule has 1 aliphatic heterocycles. The number of hydrogen-bond donors (Lipinski definition) is 1. The quantitative estimate of drug-likeness (QED) is 0.551. The number of aromatic nitrogens is 1. The minimum atomic E-state index is -0.809. The van der Waals surface area contributed by atoms with Crippen LogP contribution in [0, 0.1) is 18.8 Å². The fourth-order valence-electron chi connectivity index (χ4n) is 4.62. The zero-order valence-corrected chi connectivity index (χ0v) is 20.5. The highest BCUT2D eigenvalue weighted by Crippen LogP contribution is 2.39. The maximum Gasteiger partial charge on any atom is 0.249 e. The third-order valence-corrected chi connectivity index (χ3v) is 8.01. The van der Waals surface area contributed by atoms with Crippen molar-refractivity contribution >= 4 is 57.6 Å². The fraction of sp³-hybridized carbons (Fsp3) is 0.478. The van der Waals surface area contributed by atoms with E-state index in [1.165, 1.54) is 16.2 Å². The molecule has 6 nitrogen and oxygen atoms in total. The molecule has 0 radical (unpaired) electrons. The van der Waals surface area contributed by atoms with E-state index in [2.05, 4.69) is 10.3 Å². The van der Waals surface area contributed by atoms with Gasteiger partial charge in [0, 0.05) is 15.5 Å². The first-order chi connectivity index (χ1) is 15.4. The molecule has 1 saturated carbocycles. The van der Waals surface area contributed by atoms with Gasteiger partial charge in [0.2, 0.25) is 17.7 Å². The fourth-order valence-corrected chi connectivity index (χ4v) is 6.04. The van der Waals surface area contributed by atoms with Gasteiger partial charge in [0.05, 0.1) is 17.5 Å². The SMILES string of the molecule is CSCCC(C(=O)Nc1nc(-c2ccc(Cl)cc2)c(C)s1)N1C(=O)C2CCCCC2C1=O. The molecule has 1 N–H and O–H groups in total. The average molecular weight is 492 g/mol. The molecule has 170 valence electrons. The number of rotatable bonds is 7. The molecule has 4 rings (SSSR count). The van der Waals surface area contributed by atoms with Crippen LogP contribution >= 0.6 is 34.7 Å². The standard InChI is InChI=1S/C23H26ClN3O3S2/c1-13-19(14-7-9-15(24)10-8-14)25-23(32-13)26-20(28)18(11-12-31-2)27-21(29)16-5-3-4-6-17(16)22(27)30/h7-10,16-18H,3-6,11-12H2,1-2H3,(H,25,26,28). The molecule has 3 unspecified atom stereocenters. The number of fused-ring (bicyclic) bond motifs is 1. The number of carbonyl (C=O) groups excluding carboxylic acids is 3. The zero-order valence-electron chi connectivity index (χ0n) is 18.1. The van der Waals surface area contributed by atoms with Crippen LogP contribution in [-0.4, -0.2) is 45.7 Å². The summed E-state index contributed by atoms with van der Waals surface area (Å²) in [6, 6.07) is 6.57. The second kappa shape index (κ2) is 9.93. The Hall–Kier alpha value is -1.90. The van der Waals surface area contributed by atoms with Crippen molar-refractivity contribution < 1.29 is 14.4 Å². The molecule has 2 heterocycles. The van der Waals surface area contributed by atoms with Gasteiger partial charge in [0.25, 0.3) is 0 Å². The summed E-state index contributed by atoms with van der Waals surface area (Å²) in [6.45, 7) is 1.95. The van der Waals surface area contributed by atoms with Crippen molar-refractivity contribution in [1.29, 1.82) is 0 Å². The Labute approximate surface area is 201 Å². The highest BCUT2D eigenvalue weighted by Gasteiger charge is 2.51. The first-order valence-corrected chi connectivity index (χ1v) is 13.4. The van der Waals surface area contributed by atoms with Crippen molar-refractivity contribution in [2.45, 2.75) is 45.1 Å². The topological polar surface area (TPSA) is 79.4 Å². The number of anilines is 1. The van der Waals surface area contributed by atoms with E-state index in [9.17, 15) is 14.4 Å². The van der Waals surface area contributed by atoms with Gasteiger partial charge >= 0.3 is 0 Å². The number of aryl methyl sites for hydroxylation is 1. The number of imide groups is 1. The molecule has 0 bridgehead atoms. The molecular formula is C23H26ClN3O3S2. The molecule has 1 aromatic carbocycles. The number of benzene rings is 1. The average Bonchev–Trinajstić information content (AvgIpc) is 3.27. The number of likely N-dealkylation sites (tertiary alicyclic amines) is 1. The molecule has 3 amide bonds. The summed E-state index contributed by atoms with van der Waals surface area (Å²) in [4.78, 5) is 46.3. The van der Waals surface area contributed by atoms with Gasteiger partial charge in [-0.2, -0.15) is 11.8 Å². The number of nitrogens with one attached hydrogen (secondary N) is 1. The van der Waals surface area contributed by atoms with E-state index in [-0.39, 0.29) is 29.6 Å². The first-order valence-electron chi connectivity index (χ1n) is 10.8. The summed E-state index contributed by atoms with van der Waals surface area (Å²) in [7, 11) is 0. The number of halogens is 1. The van der Waals surface area contributed by atoms with E-state index in [1.54, 1.807) is 23.9 Å². The van der Waals surface area contributed by atoms with Crippen LogP contribution in [0.3, 0.4) is 0 Å². The van der Waals surface area contributed by atoms with Crippen LogP contribution in [0.2, 0.25) is 5.02 Å². The van der Waals surface area contributed by atoms with E-state index in [1.807, 2.05) is 25.3 Å². The maximum atomic E-state index is 13.3. The summed E-state index contributed by atoms with van der Waals surface area (Å²) >= 11 is 8.95. The lowest BCUT2D eigenvalue weighted by molar-refractivity contribution is -0.146. The first kappa shape index (κ1) is 23.3. The Balaban J connectivity index is 1.55. The number of hydrogen-bond acceptors (Lipinski definition) is 6. The predicted octanol–water partition coefficient (Wildman–Crippen LogP) is 5.01. The van der Waals surface area contributed by atoms with Gasteiger partial charge in [-0.05, 0) is 50.3 Å². The molecule has 1 aromatic heterocycles. The van der Waals surface area contributed by atoms with Crippen LogP contribution in [-0.2, 0) is 14.4 Å². The van der Waals surface area contributed by atoms with Gasteiger partial charge in [-0.15, -0.1) is 11.3 Å². The molecule has 1 saturated heterocycles. The Morgan fingerprint density at radius 3 is 2.44 bits per heavy atom.